The molecule has 0 spiro atoms. The Labute approximate surface area is 180 Å². The molecule has 0 heterocycles. The maximum Gasteiger partial charge on any atom is 0.387 e. The van der Waals surface area contributed by atoms with Gasteiger partial charge in [-0.05, 0) is 30.7 Å². The van der Waals surface area contributed by atoms with Crippen LogP contribution in [0.4, 0.5) is 8.78 Å². The SMILES string of the molecule is CCNC(=NCc1cc(OC)ccc1OC(F)F)NCCC(=O)NCc1ccccc1. The molecular formula is C22H28F2N4O3. The van der Waals surface area contributed by atoms with E-state index in [0.717, 1.165) is 5.56 Å². The van der Waals surface area contributed by atoms with E-state index in [1.807, 2.05) is 37.3 Å². The number of amides is 1. The summed E-state index contributed by atoms with van der Waals surface area (Å²) in [6, 6.07) is 14.2. The predicted molar refractivity (Wildman–Crippen MR) is 115 cm³/mol. The fourth-order valence-corrected chi connectivity index (χ4v) is 2.70. The van der Waals surface area contributed by atoms with Crippen molar-refractivity contribution in [1.29, 1.82) is 0 Å². The molecule has 2 aromatic rings. The molecule has 2 rings (SSSR count). The van der Waals surface area contributed by atoms with E-state index in [-0.39, 0.29) is 24.6 Å². The van der Waals surface area contributed by atoms with Crippen LogP contribution in [-0.2, 0) is 17.9 Å². The zero-order valence-electron chi connectivity index (χ0n) is 17.7. The summed E-state index contributed by atoms with van der Waals surface area (Å²) in [5.74, 6) is 0.923. The summed E-state index contributed by atoms with van der Waals surface area (Å²) in [5, 5.41) is 8.99. The topological polar surface area (TPSA) is 84.0 Å². The lowest BCUT2D eigenvalue weighted by Crippen LogP contribution is -2.39. The van der Waals surface area contributed by atoms with Crippen molar-refractivity contribution in [2.45, 2.75) is 33.0 Å². The Morgan fingerprint density at radius 2 is 1.87 bits per heavy atom. The van der Waals surface area contributed by atoms with Gasteiger partial charge in [0.1, 0.15) is 11.5 Å². The van der Waals surface area contributed by atoms with E-state index in [0.29, 0.717) is 36.9 Å². The maximum atomic E-state index is 12.7. The molecule has 0 saturated carbocycles. The standard InChI is InChI=1S/C22H28F2N4O3/c1-3-25-22(26-12-11-20(29)27-14-16-7-5-4-6-8-16)28-15-17-13-18(30-2)9-10-19(17)31-21(23)24/h4-10,13,21H,3,11-12,14-15H2,1-2H3,(H,27,29)(H2,25,26,28). The number of nitrogens with one attached hydrogen (secondary N) is 3. The van der Waals surface area contributed by atoms with E-state index in [1.165, 1.54) is 13.2 Å². The zero-order chi connectivity index (χ0) is 22.5. The van der Waals surface area contributed by atoms with Gasteiger partial charge in [0.25, 0.3) is 0 Å². The Hall–Kier alpha value is -3.36. The Morgan fingerprint density at radius 3 is 2.55 bits per heavy atom. The molecule has 0 unspecified atom stereocenters. The van der Waals surface area contributed by atoms with E-state index in [2.05, 4.69) is 25.7 Å². The van der Waals surface area contributed by atoms with E-state index in [4.69, 9.17) is 4.74 Å². The summed E-state index contributed by atoms with van der Waals surface area (Å²) in [5.41, 5.74) is 1.48. The van der Waals surface area contributed by atoms with Crippen LogP contribution < -0.4 is 25.4 Å². The molecule has 0 saturated heterocycles. The van der Waals surface area contributed by atoms with Gasteiger partial charge in [-0.15, -0.1) is 0 Å². The van der Waals surface area contributed by atoms with Crippen molar-refractivity contribution in [1.82, 2.24) is 16.0 Å². The lowest BCUT2D eigenvalue weighted by molar-refractivity contribution is -0.121. The summed E-state index contributed by atoms with van der Waals surface area (Å²) < 4.78 is 35.0. The molecule has 0 aliphatic carbocycles. The molecule has 0 aliphatic heterocycles. The number of benzene rings is 2. The number of alkyl halides is 2. The second kappa shape index (κ2) is 13.0. The van der Waals surface area contributed by atoms with Crippen molar-refractivity contribution in [3.05, 3.63) is 59.7 Å². The smallest absolute Gasteiger partial charge is 0.387 e. The number of halogens is 2. The first-order valence-corrected chi connectivity index (χ1v) is 9.96. The minimum Gasteiger partial charge on any atom is -0.497 e. The molecule has 31 heavy (non-hydrogen) atoms. The predicted octanol–water partition coefficient (Wildman–Crippen LogP) is 3.06. The summed E-state index contributed by atoms with van der Waals surface area (Å²) in [4.78, 5) is 16.4. The van der Waals surface area contributed by atoms with Crippen LogP contribution in [0.5, 0.6) is 11.5 Å². The van der Waals surface area contributed by atoms with Gasteiger partial charge in [-0.2, -0.15) is 8.78 Å². The molecule has 0 atom stereocenters. The van der Waals surface area contributed by atoms with E-state index in [1.54, 1.807) is 12.1 Å². The first-order valence-electron chi connectivity index (χ1n) is 9.96. The summed E-state index contributed by atoms with van der Waals surface area (Å²) >= 11 is 0. The largest absolute Gasteiger partial charge is 0.497 e. The maximum absolute atomic E-state index is 12.7. The lowest BCUT2D eigenvalue weighted by Gasteiger charge is -2.13. The van der Waals surface area contributed by atoms with Gasteiger partial charge < -0.3 is 25.4 Å². The Bertz CT molecular complexity index is 848. The van der Waals surface area contributed by atoms with Gasteiger partial charge in [-0.3, -0.25) is 4.79 Å². The molecule has 3 N–H and O–H groups in total. The molecule has 2 aromatic carbocycles. The van der Waals surface area contributed by atoms with Crippen LogP contribution in [0.1, 0.15) is 24.5 Å². The number of methoxy groups -OCH3 is 1. The van der Waals surface area contributed by atoms with Crippen molar-refractivity contribution >= 4 is 11.9 Å². The van der Waals surface area contributed by atoms with Crippen molar-refractivity contribution in [3.8, 4) is 11.5 Å². The third kappa shape index (κ3) is 8.90. The highest BCUT2D eigenvalue weighted by atomic mass is 19.3. The number of hydrogen-bond donors (Lipinski definition) is 3. The molecule has 0 fully saturated rings. The second-order valence-electron chi connectivity index (χ2n) is 6.49. The highest BCUT2D eigenvalue weighted by Crippen LogP contribution is 2.26. The zero-order valence-corrected chi connectivity index (χ0v) is 17.7. The van der Waals surface area contributed by atoms with E-state index >= 15 is 0 Å². The molecule has 7 nitrogen and oxygen atoms in total. The van der Waals surface area contributed by atoms with Crippen LogP contribution in [0.25, 0.3) is 0 Å². The van der Waals surface area contributed by atoms with Crippen LogP contribution in [-0.4, -0.2) is 38.7 Å². The van der Waals surface area contributed by atoms with Crippen LogP contribution >= 0.6 is 0 Å². The number of ether oxygens (including phenoxy) is 2. The monoisotopic (exact) mass is 434 g/mol. The molecule has 9 heteroatoms. The number of nitrogens with zero attached hydrogens (tertiary/aromatic N) is 1. The van der Waals surface area contributed by atoms with Crippen LogP contribution in [0, 0.1) is 0 Å². The summed E-state index contributed by atoms with van der Waals surface area (Å²) in [6.45, 7) is 0.499. The Kier molecular flexibility index (Phi) is 10.1. The third-order valence-corrected chi connectivity index (χ3v) is 4.21. The number of aliphatic imine (C=N–C) groups is 1. The second-order valence-corrected chi connectivity index (χ2v) is 6.49. The molecule has 1 amide bonds. The molecule has 0 aliphatic rings. The first kappa shape index (κ1) is 23.9. The van der Waals surface area contributed by atoms with Crippen molar-refractivity contribution in [2.24, 2.45) is 4.99 Å². The number of carbonyl (C=O) groups is 1. The van der Waals surface area contributed by atoms with Gasteiger partial charge in [0, 0.05) is 31.6 Å². The molecule has 0 bridgehead atoms. The van der Waals surface area contributed by atoms with Gasteiger partial charge >= 0.3 is 6.61 Å². The highest BCUT2D eigenvalue weighted by Gasteiger charge is 2.11. The van der Waals surface area contributed by atoms with Crippen LogP contribution in [0.15, 0.2) is 53.5 Å². The number of hydrogen-bond acceptors (Lipinski definition) is 4. The minimum absolute atomic E-state index is 0.0377. The molecule has 0 radical (unpaired) electrons. The van der Waals surface area contributed by atoms with E-state index < -0.39 is 6.61 Å². The Balaban J connectivity index is 1.90. The minimum atomic E-state index is -2.93. The van der Waals surface area contributed by atoms with Gasteiger partial charge in [0.15, 0.2) is 5.96 Å². The van der Waals surface area contributed by atoms with Crippen molar-refractivity contribution in [2.75, 3.05) is 20.2 Å². The Morgan fingerprint density at radius 1 is 1.10 bits per heavy atom. The van der Waals surface area contributed by atoms with Crippen molar-refractivity contribution < 1.29 is 23.0 Å². The van der Waals surface area contributed by atoms with Gasteiger partial charge in [0.2, 0.25) is 5.91 Å². The van der Waals surface area contributed by atoms with E-state index in [9.17, 15) is 13.6 Å². The van der Waals surface area contributed by atoms with Crippen LogP contribution in [0.2, 0.25) is 0 Å². The van der Waals surface area contributed by atoms with Crippen molar-refractivity contribution in [3.63, 3.8) is 0 Å². The first-order chi connectivity index (χ1) is 15.0. The molecule has 0 aromatic heterocycles. The van der Waals surface area contributed by atoms with Gasteiger partial charge in [-0.25, -0.2) is 4.99 Å². The number of guanidine groups is 1. The number of rotatable bonds is 11. The quantitative estimate of drug-likeness (QED) is 0.374. The van der Waals surface area contributed by atoms with Crippen LogP contribution in [0.3, 0.4) is 0 Å². The lowest BCUT2D eigenvalue weighted by atomic mass is 10.2. The normalized spacial score (nSPS) is 11.2. The fourth-order valence-electron chi connectivity index (χ4n) is 2.70. The average molecular weight is 434 g/mol. The third-order valence-electron chi connectivity index (χ3n) is 4.21. The van der Waals surface area contributed by atoms with Gasteiger partial charge in [0.05, 0.1) is 13.7 Å². The molecule has 168 valence electrons. The summed E-state index contributed by atoms with van der Waals surface area (Å²) in [7, 11) is 1.49. The summed E-state index contributed by atoms with van der Waals surface area (Å²) in [6.07, 6.45) is 0.260. The highest BCUT2D eigenvalue weighted by molar-refractivity contribution is 5.81. The average Bonchev–Trinajstić information content (AvgIpc) is 2.77. The fraction of sp³-hybridized carbons (Fsp3) is 0.364. The number of carbonyl (C=O) groups excluding carboxylic acids is 1. The molecular weight excluding hydrogens is 406 g/mol. The van der Waals surface area contributed by atoms with Gasteiger partial charge in [-0.1, -0.05) is 30.3 Å².